The average Bonchev–Trinajstić information content (AvgIpc) is 3.47. The maximum absolute atomic E-state index is 7.00. The fraction of sp³-hybridized carbons (Fsp3) is 0.160. The number of furan rings is 1. The largest absolute Gasteiger partial charge is 3.00 e. The van der Waals surface area contributed by atoms with E-state index in [1.54, 1.807) is 0 Å². The molecule has 1 N–H and O–H groups in total. The first-order chi connectivity index (χ1) is 13.5. The summed E-state index contributed by atoms with van der Waals surface area (Å²) in [6.45, 7) is 10.7. The summed E-state index contributed by atoms with van der Waals surface area (Å²) in [5.41, 5.74) is 5.07. The molecule has 1 heterocycles. The number of hydrogen-bond acceptors (Lipinski definition) is 2. The fourth-order valence-corrected chi connectivity index (χ4v) is 2.57. The van der Waals surface area contributed by atoms with Gasteiger partial charge in [0.2, 0.25) is 0 Å². The molecular weight excluding hydrogens is 452 g/mol. The molecule has 0 bridgehead atoms. The van der Waals surface area contributed by atoms with E-state index >= 15 is 0 Å². The van der Waals surface area contributed by atoms with Crippen LogP contribution in [0.5, 0.6) is 0 Å². The second-order valence-corrected chi connectivity index (χ2v) is 11.6. The van der Waals surface area contributed by atoms with Crippen LogP contribution in [-0.4, -0.2) is 20.3 Å². The van der Waals surface area contributed by atoms with E-state index in [9.17, 15) is 0 Å². The topological polar surface area (TPSA) is 33.4 Å². The van der Waals surface area contributed by atoms with Crippen molar-refractivity contribution in [3.05, 3.63) is 103 Å². The molecule has 149 valence electrons. The molecule has 4 rings (SSSR count). The van der Waals surface area contributed by atoms with E-state index in [4.69, 9.17) is 9.52 Å². The van der Waals surface area contributed by atoms with Crippen molar-refractivity contribution < 1.29 is 35.7 Å². The van der Waals surface area contributed by atoms with E-state index in [2.05, 4.69) is 38.0 Å². The minimum atomic E-state index is -1.36. The van der Waals surface area contributed by atoms with Gasteiger partial charge in [0, 0.05) is 7.11 Å². The molecule has 0 unspecified atom stereocenters. The summed E-state index contributed by atoms with van der Waals surface area (Å²) in [5, 5.41) is 8.06. The van der Waals surface area contributed by atoms with Crippen molar-refractivity contribution in [1.82, 2.24) is 0 Å². The number of fused-ring (bicyclic) bond motifs is 1. The van der Waals surface area contributed by atoms with Gasteiger partial charge in [-0.1, -0.05) is 37.2 Å². The van der Waals surface area contributed by atoms with Crippen LogP contribution in [0, 0.1) is 18.4 Å². The van der Waals surface area contributed by atoms with Crippen LogP contribution in [-0.2, 0) is 26.2 Å². The third-order valence-electron chi connectivity index (χ3n) is 3.36. The molecule has 3 aromatic carbocycles. The Labute approximate surface area is 195 Å². The summed E-state index contributed by atoms with van der Waals surface area (Å²) in [7, 11) is -0.361. The van der Waals surface area contributed by atoms with Crippen LogP contribution >= 0.6 is 0 Å². The summed E-state index contributed by atoms with van der Waals surface area (Å²) < 4.78 is 5.68. The van der Waals surface area contributed by atoms with Crippen LogP contribution < -0.4 is 0 Å². The second-order valence-electron chi connectivity index (χ2n) is 6.83. The van der Waals surface area contributed by atoms with Crippen molar-refractivity contribution in [2.45, 2.75) is 19.6 Å². The van der Waals surface area contributed by atoms with Gasteiger partial charge in [0.15, 0.2) is 0 Å². The molecule has 2 nitrogen and oxygen atoms in total. The summed E-state index contributed by atoms with van der Waals surface area (Å²) in [5.74, 6) is 3.84. The molecule has 0 saturated carbocycles. The third-order valence-corrected chi connectivity index (χ3v) is 4.24. The Kier molecular flexibility index (Phi) is 13.8. The Balaban J connectivity index is 0.000000493. The summed E-state index contributed by atoms with van der Waals surface area (Å²) >= 11 is 0. The van der Waals surface area contributed by atoms with Gasteiger partial charge in [0.25, 0.3) is 0 Å². The fourth-order valence-electron chi connectivity index (χ4n) is 2.09. The standard InChI is InChI=1S/C14H15OSi.2C5H5.CH4O.Zr/c1-11-12-7-5-6-8-14(12)15-13(11)9-10-16(2,3)4;2*1-2-4-5-3-1;1-2;/h5-8H,1H2,2-4H3;2*1-5H;2H,1H3;/q3*-1;;+3. The van der Waals surface area contributed by atoms with Crippen molar-refractivity contribution in [2.75, 3.05) is 7.11 Å². The smallest absolute Gasteiger partial charge is 0.518 e. The van der Waals surface area contributed by atoms with Crippen molar-refractivity contribution in [3.63, 3.8) is 0 Å². The molecule has 4 heteroatoms. The van der Waals surface area contributed by atoms with Crippen LogP contribution in [0.25, 0.3) is 11.0 Å². The molecule has 0 aliphatic heterocycles. The molecule has 0 saturated heterocycles. The monoisotopic (exact) mass is 479 g/mol. The summed E-state index contributed by atoms with van der Waals surface area (Å²) in [4.78, 5) is 0. The average molecular weight is 481 g/mol. The van der Waals surface area contributed by atoms with E-state index < -0.39 is 8.07 Å². The molecule has 1 aromatic heterocycles. The van der Waals surface area contributed by atoms with E-state index in [1.807, 2.05) is 84.9 Å². The number of hydrogen-bond donors (Lipinski definition) is 1. The van der Waals surface area contributed by atoms with Crippen LogP contribution in [0.15, 0.2) is 89.3 Å². The van der Waals surface area contributed by atoms with E-state index in [0.717, 1.165) is 23.6 Å². The molecule has 0 aliphatic rings. The number of aliphatic hydroxyl groups is 1. The Morgan fingerprint density at radius 2 is 1.34 bits per heavy atom. The Morgan fingerprint density at radius 1 is 0.862 bits per heavy atom. The van der Waals surface area contributed by atoms with Gasteiger partial charge in [0.05, 0.1) is 11.3 Å². The van der Waals surface area contributed by atoms with E-state index in [0.29, 0.717) is 5.76 Å². The number of para-hydroxylation sites is 1. The van der Waals surface area contributed by atoms with Crippen LogP contribution in [0.2, 0.25) is 19.6 Å². The van der Waals surface area contributed by atoms with Gasteiger partial charge >= 0.3 is 26.2 Å². The molecule has 29 heavy (non-hydrogen) atoms. The van der Waals surface area contributed by atoms with E-state index in [1.165, 1.54) is 0 Å². The molecule has 4 aromatic rings. The summed E-state index contributed by atoms with van der Waals surface area (Å²) in [6.07, 6.45) is 0. The van der Waals surface area contributed by atoms with Gasteiger partial charge < -0.3 is 9.52 Å². The number of aliphatic hydroxyl groups excluding tert-OH is 1. The van der Waals surface area contributed by atoms with Gasteiger partial charge in [-0.3, -0.25) is 0 Å². The van der Waals surface area contributed by atoms with Crippen molar-refractivity contribution in [1.29, 1.82) is 0 Å². The first-order valence-corrected chi connectivity index (χ1v) is 12.6. The maximum atomic E-state index is 7.00. The Hall–Kier alpha value is -2.05. The Morgan fingerprint density at radius 3 is 1.72 bits per heavy atom. The van der Waals surface area contributed by atoms with Crippen molar-refractivity contribution >= 4 is 19.0 Å². The van der Waals surface area contributed by atoms with E-state index in [-0.39, 0.29) is 26.2 Å². The zero-order chi connectivity index (χ0) is 20.8. The van der Waals surface area contributed by atoms with Gasteiger partial charge in [-0.05, 0) is 6.07 Å². The zero-order valence-corrected chi connectivity index (χ0v) is 21.1. The normalized spacial score (nSPS) is 9.14. The minimum Gasteiger partial charge on any atom is -0.518 e. The molecule has 0 atom stereocenters. The van der Waals surface area contributed by atoms with Crippen LogP contribution in [0.4, 0.5) is 0 Å². The molecular formula is C25H29O2SiZr. The van der Waals surface area contributed by atoms with Crippen molar-refractivity contribution in [3.8, 4) is 11.5 Å². The molecule has 0 spiro atoms. The SMILES string of the molecule is CO.[CH2-]c1c(C#C[Si](C)(C)C)oc2ccccc12.[Zr+3].c1cc[cH-]c1.c1cc[cH-]c1. The first kappa shape index (κ1) is 27.0. The summed E-state index contributed by atoms with van der Waals surface area (Å²) in [6, 6.07) is 27.9. The zero-order valence-electron chi connectivity index (χ0n) is 17.6. The predicted molar refractivity (Wildman–Crippen MR) is 123 cm³/mol. The second kappa shape index (κ2) is 14.9. The van der Waals surface area contributed by atoms with Gasteiger partial charge in [-0.25, -0.2) is 24.3 Å². The molecule has 0 amide bonds. The number of benzene rings is 1. The molecule has 0 aliphatic carbocycles. The van der Waals surface area contributed by atoms with Gasteiger partial charge in [-0.15, -0.1) is 23.1 Å². The molecule has 0 fully saturated rings. The van der Waals surface area contributed by atoms with Crippen molar-refractivity contribution in [2.24, 2.45) is 0 Å². The van der Waals surface area contributed by atoms with Crippen LogP contribution in [0.1, 0.15) is 11.3 Å². The maximum Gasteiger partial charge on any atom is 3.00 e. The minimum absolute atomic E-state index is 0. The van der Waals surface area contributed by atoms with Crippen LogP contribution in [0.3, 0.4) is 0 Å². The van der Waals surface area contributed by atoms with Gasteiger partial charge in [-0.2, -0.15) is 43.3 Å². The first-order valence-electron chi connectivity index (χ1n) is 9.12. The number of rotatable bonds is 0. The van der Waals surface area contributed by atoms with Gasteiger partial charge in [0.1, 0.15) is 8.07 Å². The molecule has 1 radical (unpaired) electrons. The predicted octanol–water partition coefficient (Wildman–Crippen LogP) is 6.26. The quantitative estimate of drug-likeness (QED) is 0.183. The Bertz CT molecular complexity index is 874. The third kappa shape index (κ3) is 10.9.